The second-order valence-electron chi connectivity index (χ2n) is 6.53. The quantitative estimate of drug-likeness (QED) is 0.378. The number of carbonyl (C=O) groups is 1. The predicted octanol–water partition coefficient (Wildman–Crippen LogP) is 5.36. The van der Waals surface area contributed by atoms with Crippen molar-refractivity contribution in [2.75, 3.05) is 17.7 Å². The van der Waals surface area contributed by atoms with Crippen LogP contribution in [0.5, 0.6) is 0 Å². The summed E-state index contributed by atoms with van der Waals surface area (Å²) in [7, 11) is 1.37. The minimum absolute atomic E-state index is 0.352. The highest BCUT2D eigenvalue weighted by atomic mass is 35.5. The molecule has 4 rings (SSSR count). The van der Waals surface area contributed by atoms with E-state index in [4.69, 9.17) is 16.3 Å². The Hall–Kier alpha value is -3.16. The van der Waals surface area contributed by atoms with Gasteiger partial charge in [0.05, 0.1) is 24.7 Å². The first-order chi connectivity index (χ1) is 14.6. The summed E-state index contributed by atoms with van der Waals surface area (Å²) in [6.07, 6.45) is 0. The third-order valence-electron chi connectivity index (χ3n) is 4.49. The van der Waals surface area contributed by atoms with Gasteiger partial charge in [-0.2, -0.15) is 4.98 Å². The van der Waals surface area contributed by atoms with Crippen LogP contribution in [-0.2, 0) is 17.8 Å². The lowest BCUT2D eigenvalue weighted by atomic mass is 10.1. The van der Waals surface area contributed by atoms with Gasteiger partial charge in [-0.05, 0) is 47.3 Å². The van der Waals surface area contributed by atoms with Crippen molar-refractivity contribution in [2.45, 2.75) is 13.1 Å². The Morgan fingerprint density at radius 3 is 2.63 bits per heavy atom. The molecule has 0 saturated heterocycles. The monoisotopic (exact) mass is 438 g/mol. The van der Waals surface area contributed by atoms with Crippen molar-refractivity contribution in [3.63, 3.8) is 0 Å². The minimum atomic E-state index is -0.352. The first-order valence-corrected chi connectivity index (χ1v) is 10.5. The molecule has 0 radical (unpaired) electrons. The standard InChI is InChI=1S/C22H19ClN4O2S/c1-29-21(28)15-6-4-14(5-7-15)12-24-20-18-9-8-16(23)11-19(18)26-22(27-20)25-13-17-3-2-10-30-17/h2-11H,12-13H2,1H3,(H2,24,25,26,27). The van der Waals surface area contributed by atoms with E-state index in [-0.39, 0.29) is 5.97 Å². The lowest BCUT2D eigenvalue weighted by molar-refractivity contribution is 0.0600. The van der Waals surface area contributed by atoms with E-state index >= 15 is 0 Å². The average Bonchev–Trinajstić information content (AvgIpc) is 3.29. The van der Waals surface area contributed by atoms with E-state index in [2.05, 4.69) is 26.7 Å². The van der Waals surface area contributed by atoms with E-state index in [1.165, 1.54) is 12.0 Å². The number of ether oxygens (including phenoxy) is 1. The van der Waals surface area contributed by atoms with Gasteiger partial charge in [0, 0.05) is 21.8 Å². The van der Waals surface area contributed by atoms with E-state index in [0.29, 0.717) is 35.4 Å². The number of carbonyl (C=O) groups excluding carboxylic acids is 1. The number of nitrogens with one attached hydrogen (secondary N) is 2. The highest BCUT2D eigenvalue weighted by molar-refractivity contribution is 7.09. The van der Waals surface area contributed by atoms with Gasteiger partial charge in [0.2, 0.25) is 5.95 Å². The highest BCUT2D eigenvalue weighted by Gasteiger charge is 2.10. The molecule has 2 aromatic heterocycles. The Morgan fingerprint density at radius 2 is 1.90 bits per heavy atom. The fraction of sp³-hybridized carbons (Fsp3) is 0.136. The van der Waals surface area contributed by atoms with Gasteiger partial charge < -0.3 is 15.4 Å². The van der Waals surface area contributed by atoms with Gasteiger partial charge in [0.25, 0.3) is 0 Å². The maximum absolute atomic E-state index is 11.6. The summed E-state index contributed by atoms with van der Waals surface area (Å²) in [5.74, 6) is 0.888. The lowest BCUT2D eigenvalue weighted by Crippen LogP contribution is -2.08. The zero-order chi connectivity index (χ0) is 20.9. The van der Waals surface area contributed by atoms with E-state index in [0.717, 1.165) is 16.5 Å². The largest absolute Gasteiger partial charge is 0.465 e. The highest BCUT2D eigenvalue weighted by Crippen LogP contribution is 2.26. The zero-order valence-corrected chi connectivity index (χ0v) is 17.8. The van der Waals surface area contributed by atoms with E-state index in [1.54, 1.807) is 23.5 Å². The third kappa shape index (κ3) is 4.69. The molecule has 0 aliphatic heterocycles. The molecule has 0 atom stereocenters. The number of fused-ring (bicyclic) bond motifs is 1. The fourth-order valence-electron chi connectivity index (χ4n) is 2.96. The second kappa shape index (κ2) is 9.11. The topological polar surface area (TPSA) is 76.1 Å². The van der Waals surface area contributed by atoms with Crippen molar-refractivity contribution < 1.29 is 9.53 Å². The summed E-state index contributed by atoms with van der Waals surface area (Å²) < 4.78 is 4.74. The van der Waals surface area contributed by atoms with Gasteiger partial charge in [-0.1, -0.05) is 29.8 Å². The number of hydrogen-bond donors (Lipinski definition) is 2. The van der Waals surface area contributed by atoms with Gasteiger partial charge in [-0.3, -0.25) is 0 Å². The van der Waals surface area contributed by atoms with Crippen molar-refractivity contribution in [3.05, 3.63) is 81.0 Å². The predicted molar refractivity (Wildman–Crippen MR) is 121 cm³/mol. The molecule has 8 heteroatoms. The molecule has 2 N–H and O–H groups in total. The van der Waals surface area contributed by atoms with Crippen LogP contribution in [0.3, 0.4) is 0 Å². The van der Waals surface area contributed by atoms with Crippen molar-refractivity contribution in [1.29, 1.82) is 0 Å². The summed E-state index contributed by atoms with van der Waals surface area (Å²) in [4.78, 5) is 22.0. The lowest BCUT2D eigenvalue weighted by Gasteiger charge is -2.12. The number of rotatable bonds is 7. The van der Waals surface area contributed by atoms with Gasteiger partial charge in [0.1, 0.15) is 5.82 Å². The number of benzene rings is 2. The molecule has 0 spiro atoms. The minimum Gasteiger partial charge on any atom is -0.465 e. The summed E-state index contributed by atoms with van der Waals surface area (Å²) in [5, 5.41) is 10.2. The maximum Gasteiger partial charge on any atom is 0.337 e. The molecule has 0 unspecified atom stereocenters. The van der Waals surface area contributed by atoms with Gasteiger partial charge >= 0.3 is 5.97 Å². The van der Waals surface area contributed by atoms with Crippen LogP contribution < -0.4 is 10.6 Å². The molecule has 4 aromatic rings. The molecule has 2 heterocycles. The Balaban J connectivity index is 1.56. The summed E-state index contributed by atoms with van der Waals surface area (Å²) in [5.41, 5.74) is 2.29. The Bertz CT molecular complexity index is 1160. The number of esters is 1. The molecular weight excluding hydrogens is 420 g/mol. The van der Waals surface area contributed by atoms with Gasteiger partial charge in [-0.25, -0.2) is 9.78 Å². The number of aromatic nitrogens is 2. The van der Waals surface area contributed by atoms with E-state index < -0.39 is 0 Å². The summed E-state index contributed by atoms with van der Waals surface area (Å²) in [6, 6.07) is 16.9. The van der Waals surface area contributed by atoms with Gasteiger partial charge in [-0.15, -0.1) is 11.3 Å². The number of anilines is 2. The summed E-state index contributed by atoms with van der Waals surface area (Å²) in [6.45, 7) is 1.19. The molecule has 6 nitrogen and oxygen atoms in total. The van der Waals surface area contributed by atoms with Crippen molar-refractivity contribution in [1.82, 2.24) is 9.97 Å². The molecular formula is C22H19ClN4O2S. The number of thiophene rings is 1. The van der Waals surface area contributed by atoms with E-state index in [1.807, 2.05) is 41.8 Å². The maximum atomic E-state index is 11.6. The second-order valence-corrected chi connectivity index (χ2v) is 8.00. The smallest absolute Gasteiger partial charge is 0.337 e. The van der Waals surface area contributed by atoms with Crippen LogP contribution in [0.25, 0.3) is 10.9 Å². The van der Waals surface area contributed by atoms with Crippen molar-refractivity contribution >= 4 is 51.6 Å². The fourth-order valence-corrected chi connectivity index (χ4v) is 3.77. The van der Waals surface area contributed by atoms with Crippen LogP contribution in [0.2, 0.25) is 5.02 Å². The van der Waals surface area contributed by atoms with Crippen LogP contribution in [0.4, 0.5) is 11.8 Å². The van der Waals surface area contributed by atoms with Crippen LogP contribution in [-0.4, -0.2) is 23.0 Å². The molecule has 0 amide bonds. The number of hydrogen-bond acceptors (Lipinski definition) is 7. The van der Waals surface area contributed by atoms with Crippen molar-refractivity contribution in [3.8, 4) is 0 Å². The van der Waals surface area contributed by atoms with Crippen LogP contribution in [0.15, 0.2) is 60.0 Å². The van der Waals surface area contributed by atoms with Gasteiger partial charge in [0.15, 0.2) is 0 Å². The van der Waals surface area contributed by atoms with Crippen LogP contribution in [0, 0.1) is 0 Å². The Kier molecular flexibility index (Phi) is 6.11. The zero-order valence-electron chi connectivity index (χ0n) is 16.2. The first-order valence-electron chi connectivity index (χ1n) is 9.27. The molecule has 0 fully saturated rings. The molecule has 0 bridgehead atoms. The Labute approximate surface area is 182 Å². The molecule has 152 valence electrons. The summed E-state index contributed by atoms with van der Waals surface area (Å²) >= 11 is 7.85. The average molecular weight is 439 g/mol. The molecule has 0 saturated carbocycles. The molecule has 2 aromatic carbocycles. The van der Waals surface area contributed by atoms with Crippen LogP contribution in [0.1, 0.15) is 20.8 Å². The molecule has 0 aliphatic rings. The Morgan fingerprint density at radius 1 is 1.07 bits per heavy atom. The number of methoxy groups -OCH3 is 1. The number of nitrogens with zero attached hydrogens (tertiary/aromatic N) is 2. The molecule has 0 aliphatic carbocycles. The normalized spacial score (nSPS) is 10.7. The third-order valence-corrected chi connectivity index (χ3v) is 5.61. The van der Waals surface area contributed by atoms with Crippen LogP contribution >= 0.6 is 22.9 Å². The number of halogens is 1. The van der Waals surface area contributed by atoms with Crippen molar-refractivity contribution in [2.24, 2.45) is 0 Å². The van der Waals surface area contributed by atoms with E-state index in [9.17, 15) is 4.79 Å². The SMILES string of the molecule is COC(=O)c1ccc(CNc2nc(NCc3cccs3)nc3cc(Cl)ccc23)cc1. The molecule has 30 heavy (non-hydrogen) atoms. The first kappa shape index (κ1) is 20.1.